The van der Waals surface area contributed by atoms with Gasteiger partial charge >= 0.3 is 41.9 Å². The van der Waals surface area contributed by atoms with Crippen LogP contribution in [0, 0.1) is 0 Å². The third kappa shape index (κ3) is 4.90. The van der Waals surface area contributed by atoms with E-state index in [-0.39, 0.29) is 4.57 Å². The Bertz CT molecular complexity index is 609. The van der Waals surface area contributed by atoms with Crippen molar-refractivity contribution in [2.75, 3.05) is 7.05 Å². The second-order valence-corrected chi connectivity index (χ2v) is 11.4. The normalized spacial score (nSPS) is 15.5. The van der Waals surface area contributed by atoms with Crippen LogP contribution >= 0.6 is 0 Å². The third-order valence-corrected chi connectivity index (χ3v) is 7.60. The predicted octanol–water partition coefficient (Wildman–Crippen LogP) is 5.71. The van der Waals surface area contributed by atoms with Gasteiger partial charge in [-0.25, -0.2) is 0 Å². The quantitative estimate of drug-likeness (QED) is 0.337. The van der Waals surface area contributed by atoms with E-state index in [4.69, 9.17) is 0 Å². The minimum absolute atomic E-state index is 0.107. The molecule has 0 saturated carbocycles. The SMILES string of the molecule is CN(C(=O)C(F)(F)F)[Si](C)(C)CCC(F)(F)C(F)(F)C(F)(F)C(F)(F)C(F)(F)F. The van der Waals surface area contributed by atoms with Crippen LogP contribution in [0.2, 0.25) is 19.1 Å². The maximum absolute atomic E-state index is 13.6. The number of nitrogens with zero attached hydrogens (tertiary/aromatic N) is 1. The maximum Gasteiger partial charge on any atom is 0.470 e. The fraction of sp³-hybridized carbons (Fsp3) is 0.917. The zero-order valence-electron chi connectivity index (χ0n) is 14.6. The zero-order valence-corrected chi connectivity index (χ0v) is 15.6. The lowest BCUT2D eigenvalue weighted by Crippen LogP contribution is -2.66. The number of halogens is 14. The molecule has 0 aliphatic carbocycles. The lowest BCUT2D eigenvalue weighted by Gasteiger charge is -2.39. The summed E-state index contributed by atoms with van der Waals surface area (Å²) in [6.07, 6.45) is -15.3. The minimum atomic E-state index is -7.58. The third-order valence-electron chi connectivity index (χ3n) is 4.11. The van der Waals surface area contributed by atoms with Crippen molar-refractivity contribution in [2.24, 2.45) is 0 Å². The molecule has 0 aromatic rings. The van der Waals surface area contributed by atoms with Crippen molar-refractivity contribution in [1.82, 2.24) is 4.57 Å². The summed E-state index contributed by atoms with van der Waals surface area (Å²) in [5, 5.41) is 0. The van der Waals surface area contributed by atoms with Crippen molar-refractivity contribution in [3.05, 3.63) is 0 Å². The first-order chi connectivity index (χ1) is 12.3. The number of rotatable bonds is 7. The van der Waals surface area contributed by atoms with Crippen molar-refractivity contribution in [1.29, 1.82) is 0 Å². The van der Waals surface area contributed by atoms with E-state index < -0.39 is 62.7 Å². The highest BCUT2D eigenvalue weighted by Crippen LogP contribution is 2.58. The Balaban J connectivity index is 5.78. The second kappa shape index (κ2) is 7.44. The molecule has 17 heteroatoms. The summed E-state index contributed by atoms with van der Waals surface area (Å²) in [5.41, 5.74) is 0. The van der Waals surface area contributed by atoms with Crippen molar-refractivity contribution < 1.29 is 66.3 Å². The van der Waals surface area contributed by atoms with E-state index in [2.05, 4.69) is 0 Å². The lowest BCUT2D eigenvalue weighted by molar-refractivity contribution is -0.422. The highest BCUT2D eigenvalue weighted by molar-refractivity contribution is 6.76. The van der Waals surface area contributed by atoms with Gasteiger partial charge in [0.05, 0.1) is 0 Å². The minimum Gasteiger partial charge on any atom is -0.365 e. The van der Waals surface area contributed by atoms with Gasteiger partial charge in [-0.05, 0) is 6.04 Å². The molecule has 29 heavy (non-hydrogen) atoms. The Hall–Kier alpha value is -1.29. The Kier molecular flexibility index (Phi) is 7.11. The number of hydrogen-bond donors (Lipinski definition) is 0. The molecular formula is C12H13F14NOSi. The van der Waals surface area contributed by atoms with Gasteiger partial charge in [0, 0.05) is 13.5 Å². The molecule has 0 unspecified atom stereocenters. The Labute approximate surface area is 154 Å². The van der Waals surface area contributed by atoms with E-state index in [1.54, 1.807) is 0 Å². The summed E-state index contributed by atoms with van der Waals surface area (Å²) in [6, 6.07) is -1.46. The van der Waals surface area contributed by atoms with Crippen LogP contribution in [-0.2, 0) is 4.79 Å². The fourth-order valence-electron chi connectivity index (χ4n) is 1.86. The van der Waals surface area contributed by atoms with Crippen LogP contribution in [0.15, 0.2) is 0 Å². The molecule has 0 spiro atoms. The Morgan fingerprint density at radius 2 is 1.10 bits per heavy atom. The van der Waals surface area contributed by atoms with Gasteiger partial charge in [-0.3, -0.25) is 4.79 Å². The molecule has 0 bridgehead atoms. The number of alkyl halides is 14. The van der Waals surface area contributed by atoms with Crippen molar-refractivity contribution in [3.8, 4) is 0 Å². The number of carbonyl (C=O) groups excluding carboxylic acids is 1. The van der Waals surface area contributed by atoms with Gasteiger partial charge in [0.2, 0.25) is 0 Å². The maximum atomic E-state index is 13.6. The molecule has 1 amide bonds. The predicted molar refractivity (Wildman–Crippen MR) is 71.6 cm³/mol. The molecule has 0 saturated heterocycles. The smallest absolute Gasteiger partial charge is 0.365 e. The summed E-state index contributed by atoms with van der Waals surface area (Å²) in [6.45, 7) is 1.51. The first-order valence-corrected chi connectivity index (χ1v) is 10.4. The molecule has 2 nitrogen and oxygen atoms in total. The largest absolute Gasteiger partial charge is 0.470 e. The molecule has 0 atom stereocenters. The molecule has 0 fully saturated rings. The van der Waals surface area contributed by atoms with Crippen LogP contribution in [-0.4, -0.2) is 61.8 Å². The fourth-order valence-corrected chi connectivity index (χ4v) is 3.80. The summed E-state index contributed by atoms with van der Waals surface area (Å²) in [5.74, 6) is -31.1. The molecule has 0 N–H and O–H groups in total. The Morgan fingerprint density at radius 1 is 0.724 bits per heavy atom. The van der Waals surface area contributed by atoms with E-state index in [1.165, 1.54) is 0 Å². The molecule has 0 aliphatic rings. The van der Waals surface area contributed by atoms with Crippen LogP contribution in [0.3, 0.4) is 0 Å². The average Bonchev–Trinajstić information content (AvgIpc) is 2.49. The molecule has 0 aliphatic heterocycles. The molecule has 0 rings (SSSR count). The second-order valence-electron chi connectivity index (χ2n) is 6.60. The standard InChI is InChI=1S/C12H13F14NOSi/c1-27(6(28)8(15,16)17)29(2,3)5-4-7(13,14)9(18,19)10(20,21)11(22,23)12(24,25)26/h4-5H2,1-3H3. The van der Waals surface area contributed by atoms with Gasteiger partial charge in [0.15, 0.2) is 8.24 Å². The summed E-state index contributed by atoms with van der Waals surface area (Å²) in [4.78, 5) is 11.1. The molecule has 0 heterocycles. The van der Waals surface area contributed by atoms with Crippen LogP contribution < -0.4 is 0 Å². The van der Waals surface area contributed by atoms with Crippen LogP contribution in [0.25, 0.3) is 0 Å². The van der Waals surface area contributed by atoms with Gasteiger partial charge in [-0.15, -0.1) is 0 Å². The van der Waals surface area contributed by atoms with Gasteiger partial charge in [-0.1, -0.05) is 13.1 Å². The molecule has 174 valence electrons. The van der Waals surface area contributed by atoms with Gasteiger partial charge in [0.25, 0.3) is 0 Å². The highest BCUT2D eigenvalue weighted by atomic mass is 28.3. The van der Waals surface area contributed by atoms with Gasteiger partial charge < -0.3 is 4.57 Å². The number of amides is 1. The first kappa shape index (κ1) is 27.7. The molecule has 0 radical (unpaired) electrons. The monoisotopic (exact) mass is 481 g/mol. The van der Waals surface area contributed by atoms with E-state index in [1.807, 2.05) is 0 Å². The zero-order chi connectivity index (χ0) is 24.1. The average molecular weight is 481 g/mol. The van der Waals surface area contributed by atoms with Crippen LogP contribution in [0.4, 0.5) is 61.5 Å². The van der Waals surface area contributed by atoms with Crippen LogP contribution in [0.5, 0.6) is 0 Å². The number of hydrogen-bond acceptors (Lipinski definition) is 1. The van der Waals surface area contributed by atoms with E-state index in [9.17, 15) is 66.3 Å². The van der Waals surface area contributed by atoms with E-state index >= 15 is 0 Å². The van der Waals surface area contributed by atoms with Crippen molar-refractivity contribution in [3.63, 3.8) is 0 Å². The summed E-state index contributed by atoms with van der Waals surface area (Å²) >= 11 is 0. The van der Waals surface area contributed by atoms with Crippen LogP contribution in [0.1, 0.15) is 6.42 Å². The van der Waals surface area contributed by atoms with Gasteiger partial charge in [-0.2, -0.15) is 61.5 Å². The Morgan fingerprint density at radius 3 is 1.41 bits per heavy atom. The number of carbonyl (C=O) groups is 1. The molecular weight excluding hydrogens is 468 g/mol. The summed E-state index contributed by atoms with van der Waals surface area (Å²) < 4.78 is 179. The highest BCUT2D eigenvalue weighted by Gasteiger charge is 2.86. The van der Waals surface area contributed by atoms with E-state index in [0.717, 1.165) is 13.1 Å². The van der Waals surface area contributed by atoms with Crippen molar-refractivity contribution >= 4 is 14.1 Å². The topological polar surface area (TPSA) is 20.3 Å². The van der Waals surface area contributed by atoms with E-state index in [0.29, 0.717) is 7.05 Å². The van der Waals surface area contributed by atoms with Crippen molar-refractivity contribution in [2.45, 2.75) is 61.6 Å². The lowest BCUT2D eigenvalue weighted by atomic mass is 9.96. The molecule has 0 aromatic heterocycles. The molecule has 0 aromatic carbocycles. The summed E-state index contributed by atoms with van der Waals surface area (Å²) in [7, 11) is -3.55. The van der Waals surface area contributed by atoms with Gasteiger partial charge in [0.1, 0.15) is 0 Å². The first-order valence-electron chi connectivity index (χ1n) is 7.20.